The second-order valence-corrected chi connectivity index (χ2v) is 7.20. The van der Waals surface area contributed by atoms with Crippen molar-refractivity contribution in [2.24, 2.45) is 0 Å². The molecule has 1 unspecified atom stereocenters. The molecule has 0 bridgehead atoms. The lowest BCUT2D eigenvalue weighted by Gasteiger charge is -2.11. The number of nitrogens with two attached hydrogens (primary N) is 1. The Morgan fingerprint density at radius 2 is 2.07 bits per heavy atom. The Bertz CT molecular complexity index is 897. The molecule has 0 saturated carbocycles. The molecule has 0 aliphatic carbocycles. The molecule has 1 saturated heterocycles. The number of nitrogen functional groups attached to an aromatic ring is 1. The molecule has 1 aromatic carbocycles. The van der Waals surface area contributed by atoms with Gasteiger partial charge in [-0.3, -0.25) is 0 Å². The number of ether oxygens (including phenoxy) is 1. The number of aromatic nitrogens is 3. The highest BCUT2D eigenvalue weighted by Crippen LogP contribution is 2.27. The minimum atomic E-state index is 0.358. The number of hydrogen-bond acceptors (Lipinski definition) is 5. The van der Waals surface area contributed by atoms with Crippen molar-refractivity contribution in [2.45, 2.75) is 45.1 Å². The number of hydrogen-bond donors (Lipinski definition) is 3. The van der Waals surface area contributed by atoms with Crippen LogP contribution < -0.4 is 15.8 Å². The van der Waals surface area contributed by atoms with Gasteiger partial charge < -0.3 is 20.8 Å². The van der Waals surface area contributed by atoms with Crippen LogP contribution in [0.15, 0.2) is 30.5 Å². The van der Waals surface area contributed by atoms with Crippen molar-refractivity contribution in [3.8, 4) is 6.01 Å². The normalized spacial score (nSPS) is 16.9. The first kappa shape index (κ1) is 17.8. The third-order valence-corrected chi connectivity index (χ3v) is 5.18. The molecule has 1 aliphatic heterocycles. The summed E-state index contributed by atoms with van der Waals surface area (Å²) in [6, 6.07) is 9.74. The van der Waals surface area contributed by atoms with Crippen LogP contribution in [0, 0.1) is 0 Å². The van der Waals surface area contributed by atoms with Crippen LogP contribution in [0.1, 0.15) is 55.3 Å². The van der Waals surface area contributed by atoms with Gasteiger partial charge in [0.2, 0.25) is 0 Å². The largest absolute Gasteiger partial charge is 0.463 e. The van der Waals surface area contributed by atoms with Crippen LogP contribution in [0.25, 0.3) is 11.0 Å². The number of benzene rings is 1. The van der Waals surface area contributed by atoms with E-state index in [1.54, 1.807) is 0 Å². The molecule has 0 spiro atoms. The van der Waals surface area contributed by atoms with Crippen LogP contribution in [0.4, 0.5) is 5.82 Å². The molecule has 6 nitrogen and oxygen atoms in total. The molecule has 4 rings (SSSR count). The number of fused-ring (bicyclic) bond motifs is 1. The standard InChI is InChI=1S/C21H27N5O/c1-2-3-11-27-21-25-18-16(13-24-19(18)20(22)26-21)12-14-6-8-15(9-7-14)17-5-4-10-23-17/h6-9,13,17,23-24H,2-5,10-12H2,1H3,(H2,22,25,26). The van der Waals surface area contributed by atoms with Crippen LogP contribution in [0.2, 0.25) is 0 Å². The highest BCUT2D eigenvalue weighted by Gasteiger charge is 2.16. The average molecular weight is 365 g/mol. The molecule has 0 amide bonds. The third-order valence-electron chi connectivity index (χ3n) is 5.18. The molecular weight excluding hydrogens is 338 g/mol. The second-order valence-electron chi connectivity index (χ2n) is 7.20. The van der Waals surface area contributed by atoms with Gasteiger partial charge in [-0.1, -0.05) is 37.6 Å². The van der Waals surface area contributed by atoms with E-state index >= 15 is 0 Å². The number of nitrogens with zero attached hydrogens (tertiary/aromatic N) is 2. The van der Waals surface area contributed by atoms with Crippen LogP contribution in [-0.2, 0) is 6.42 Å². The third kappa shape index (κ3) is 3.90. The SMILES string of the molecule is CCCCOc1nc(N)c2[nH]cc(Cc3ccc(C4CCCN4)cc3)c2n1. The maximum atomic E-state index is 6.09. The predicted molar refractivity (Wildman–Crippen MR) is 108 cm³/mol. The summed E-state index contributed by atoms with van der Waals surface area (Å²) < 4.78 is 5.66. The zero-order valence-corrected chi connectivity index (χ0v) is 15.8. The van der Waals surface area contributed by atoms with E-state index in [1.165, 1.54) is 24.0 Å². The van der Waals surface area contributed by atoms with Crippen LogP contribution in [-0.4, -0.2) is 28.1 Å². The van der Waals surface area contributed by atoms with E-state index in [0.29, 0.717) is 24.5 Å². The summed E-state index contributed by atoms with van der Waals surface area (Å²) in [7, 11) is 0. The van der Waals surface area contributed by atoms with E-state index in [9.17, 15) is 0 Å². The lowest BCUT2D eigenvalue weighted by Crippen LogP contribution is -2.12. The predicted octanol–water partition coefficient (Wildman–Crippen LogP) is 3.73. The summed E-state index contributed by atoms with van der Waals surface area (Å²) in [5, 5.41) is 3.55. The summed E-state index contributed by atoms with van der Waals surface area (Å²) in [6.07, 6.45) is 7.29. The van der Waals surface area contributed by atoms with E-state index in [4.69, 9.17) is 10.5 Å². The van der Waals surface area contributed by atoms with Gasteiger partial charge in [0.05, 0.1) is 6.61 Å². The number of unbranched alkanes of at least 4 members (excludes halogenated alkanes) is 1. The number of anilines is 1. The summed E-state index contributed by atoms with van der Waals surface area (Å²) in [4.78, 5) is 12.1. The highest BCUT2D eigenvalue weighted by molar-refractivity contribution is 5.87. The van der Waals surface area contributed by atoms with Gasteiger partial charge in [0, 0.05) is 24.2 Å². The molecule has 1 atom stereocenters. The monoisotopic (exact) mass is 365 g/mol. The van der Waals surface area contributed by atoms with Gasteiger partial charge in [-0.25, -0.2) is 0 Å². The van der Waals surface area contributed by atoms with Crippen molar-refractivity contribution < 1.29 is 4.74 Å². The molecule has 1 fully saturated rings. The average Bonchev–Trinajstić information content (AvgIpc) is 3.34. The molecule has 6 heteroatoms. The molecule has 3 heterocycles. The van der Waals surface area contributed by atoms with E-state index in [1.807, 2.05) is 6.20 Å². The summed E-state index contributed by atoms with van der Waals surface area (Å²) in [6.45, 7) is 3.85. The van der Waals surface area contributed by atoms with Gasteiger partial charge in [0.15, 0.2) is 5.82 Å². The Balaban J connectivity index is 1.54. The number of aromatic amines is 1. The molecule has 142 valence electrons. The maximum absolute atomic E-state index is 6.09. The Morgan fingerprint density at radius 3 is 2.81 bits per heavy atom. The highest BCUT2D eigenvalue weighted by atomic mass is 16.5. The van der Waals surface area contributed by atoms with Crippen molar-refractivity contribution in [1.82, 2.24) is 20.3 Å². The van der Waals surface area contributed by atoms with Gasteiger partial charge in [-0.15, -0.1) is 0 Å². The van der Waals surface area contributed by atoms with Gasteiger partial charge in [-0.2, -0.15) is 9.97 Å². The molecule has 3 aromatic rings. The molecule has 4 N–H and O–H groups in total. The van der Waals surface area contributed by atoms with Crippen molar-refractivity contribution in [3.63, 3.8) is 0 Å². The first-order chi connectivity index (χ1) is 13.2. The number of rotatable bonds is 7. The zero-order valence-electron chi connectivity index (χ0n) is 15.8. The number of H-pyrrole nitrogens is 1. The van der Waals surface area contributed by atoms with E-state index in [-0.39, 0.29) is 0 Å². The fourth-order valence-corrected chi connectivity index (χ4v) is 3.62. The fourth-order valence-electron chi connectivity index (χ4n) is 3.62. The summed E-state index contributed by atoms with van der Waals surface area (Å²) >= 11 is 0. The Morgan fingerprint density at radius 1 is 1.22 bits per heavy atom. The van der Waals surface area contributed by atoms with Crippen LogP contribution in [0.3, 0.4) is 0 Å². The first-order valence-electron chi connectivity index (χ1n) is 9.83. The molecule has 2 aromatic heterocycles. The number of nitrogens with one attached hydrogen (secondary N) is 2. The minimum Gasteiger partial charge on any atom is -0.463 e. The van der Waals surface area contributed by atoms with Crippen molar-refractivity contribution in [2.75, 3.05) is 18.9 Å². The molecule has 27 heavy (non-hydrogen) atoms. The fraction of sp³-hybridized carbons (Fsp3) is 0.429. The van der Waals surface area contributed by atoms with Crippen LogP contribution >= 0.6 is 0 Å². The van der Waals surface area contributed by atoms with Gasteiger partial charge >= 0.3 is 6.01 Å². The molecule has 0 radical (unpaired) electrons. The Hall–Kier alpha value is -2.60. The van der Waals surface area contributed by atoms with E-state index < -0.39 is 0 Å². The lowest BCUT2D eigenvalue weighted by molar-refractivity contribution is 0.287. The van der Waals surface area contributed by atoms with E-state index in [2.05, 4.69) is 51.5 Å². The lowest BCUT2D eigenvalue weighted by atomic mass is 10.0. The van der Waals surface area contributed by atoms with Gasteiger partial charge in [0.1, 0.15) is 11.0 Å². The molecule has 1 aliphatic rings. The minimum absolute atomic E-state index is 0.358. The van der Waals surface area contributed by atoms with Crippen molar-refractivity contribution in [1.29, 1.82) is 0 Å². The Kier molecular flexibility index (Phi) is 5.25. The first-order valence-corrected chi connectivity index (χ1v) is 9.83. The zero-order chi connectivity index (χ0) is 18.6. The van der Waals surface area contributed by atoms with Crippen LogP contribution in [0.5, 0.6) is 6.01 Å². The Labute approximate surface area is 159 Å². The maximum Gasteiger partial charge on any atom is 0.319 e. The topological polar surface area (TPSA) is 88.8 Å². The summed E-state index contributed by atoms with van der Waals surface area (Å²) in [5.41, 5.74) is 11.4. The van der Waals surface area contributed by atoms with Gasteiger partial charge in [-0.05, 0) is 36.9 Å². The van der Waals surface area contributed by atoms with Crippen molar-refractivity contribution in [3.05, 3.63) is 47.2 Å². The second kappa shape index (κ2) is 7.96. The quantitative estimate of drug-likeness (QED) is 0.555. The molecular formula is C21H27N5O. The smallest absolute Gasteiger partial charge is 0.319 e. The van der Waals surface area contributed by atoms with Gasteiger partial charge in [0.25, 0.3) is 0 Å². The summed E-state index contributed by atoms with van der Waals surface area (Å²) in [5.74, 6) is 0.431. The van der Waals surface area contributed by atoms with Crippen molar-refractivity contribution >= 4 is 16.9 Å². The van der Waals surface area contributed by atoms with E-state index in [0.717, 1.165) is 42.4 Å².